The number of carbonyl (C=O) groups excluding carboxylic acids is 7. The number of hydrogen-bond acceptors (Lipinski definition) is 11. The predicted octanol–water partition coefficient (Wildman–Crippen LogP) is 1.59. The van der Waals surface area contributed by atoms with E-state index >= 15 is 0 Å². The Hall–Kier alpha value is -7.90. The van der Waals surface area contributed by atoms with Gasteiger partial charge in [-0.25, -0.2) is 0 Å². The maximum absolute atomic E-state index is 14.4. The molecule has 0 saturated carbocycles. The first-order valence-corrected chi connectivity index (χ1v) is 23.5. The molecule has 0 aliphatic carbocycles. The van der Waals surface area contributed by atoms with Crippen LogP contribution in [0.1, 0.15) is 61.8 Å². The number of aromatic hydroxyl groups is 1. The number of phenolic OH excluding ortho intramolecular Hbond substituents is 1. The van der Waals surface area contributed by atoms with Gasteiger partial charge in [0, 0.05) is 36.4 Å². The standard InChI is InChI=1S/C52H63N9O10/c1-3-4-18-40(50(69)61-44(28-46(64)65)52(71)59-42(47(54)66)25-32-13-7-5-8-14-32)56-30-45(63)41(27-35-29-55-39-19-12-11-17-37(35)39)58-51(70)43(26-33-15-9-6-10-16-33)60-48(67)31(2)57-49(68)38(53)24-34-20-22-36(62)23-21-34/h5-17,19-23,29,31,38,40-44,55-56,62H,3-4,18,24-28,30,53H2,1-2H3,(H2,54,66)(H,57,68)(H,58,70)(H,59,71)(H,60,67)(H,61,69)(H,64,65)/t31-,38+,40+,41+,42+,43+,44+/m1/s1. The molecule has 376 valence electrons. The van der Waals surface area contributed by atoms with Crippen LogP contribution in [-0.2, 0) is 64.0 Å². The number of nitrogens with one attached hydrogen (secondary N) is 7. The van der Waals surface area contributed by atoms with E-state index in [-0.39, 0.29) is 37.9 Å². The number of aromatic nitrogens is 1. The minimum absolute atomic E-state index is 0.00246. The number of amides is 6. The van der Waals surface area contributed by atoms with E-state index in [0.717, 1.165) is 10.9 Å². The van der Waals surface area contributed by atoms with E-state index in [1.165, 1.54) is 19.1 Å². The molecule has 0 spiro atoms. The molecule has 0 saturated heterocycles. The monoisotopic (exact) mass is 973 g/mol. The fraction of sp³-hybridized carbons (Fsp3) is 0.346. The number of benzene rings is 4. The highest BCUT2D eigenvalue weighted by molar-refractivity contribution is 5.97. The molecule has 71 heavy (non-hydrogen) atoms. The van der Waals surface area contributed by atoms with Crippen molar-refractivity contribution in [3.05, 3.63) is 138 Å². The Morgan fingerprint density at radius 2 is 1.13 bits per heavy atom. The number of H-pyrrole nitrogens is 1. The second-order valence-electron chi connectivity index (χ2n) is 17.4. The number of nitrogens with two attached hydrogens (primary N) is 2. The quantitative estimate of drug-likeness (QED) is 0.0341. The van der Waals surface area contributed by atoms with E-state index in [2.05, 4.69) is 36.9 Å². The summed E-state index contributed by atoms with van der Waals surface area (Å²) in [6, 6.07) is 22.6. The Balaban J connectivity index is 1.33. The summed E-state index contributed by atoms with van der Waals surface area (Å²) < 4.78 is 0. The SMILES string of the molecule is CCCC[C@H](NCC(=O)[C@H](Cc1c[nH]c2ccccc12)NC(=O)[C@H](Cc1ccccc1)NC(=O)[C@@H](C)NC(=O)[C@@H](N)Cc1ccc(O)cc1)C(=O)N[C@@H](CC(=O)O)C(=O)N[C@@H](Cc1ccccc1)C(N)=O. The molecule has 1 aromatic heterocycles. The molecule has 0 radical (unpaired) electrons. The van der Waals surface area contributed by atoms with Gasteiger partial charge in [-0.15, -0.1) is 0 Å². The van der Waals surface area contributed by atoms with Crippen LogP contribution in [0.15, 0.2) is 115 Å². The highest BCUT2D eigenvalue weighted by atomic mass is 16.4. The fourth-order valence-electron chi connectivity index (χ4n) is 7.84. The fourth-order valence-corrected chi connectivity index (χ4v) is 7.84. The number of para-hydroxylation sites is 1. The van der Waals surface area contributed by atoms with Crippen LogP contribution in [0, 0.1) is 0 Å². The molecule has 7 atom stereocenters. The Kier molecular flexibility index (Phi) is 20.4. The van der Waals surface area contributed by atoms with Gasteiger partial charge in [0.05, 0.1) is 31.1 Å². The first kappa shape index (κ1) is 54.0. The van der Waals surface area contributed by atoms with E-state index in [1.807, 2.05) is 31.2 Å². The number of unbranched alkanes of at least 4 members (excludes halogenated alkanes) is 1. The van der Waals surface area contributed by atoms with Gasteiger partial charge in [-0.3, -0.25) is 43.7 Å². The molecule has 1 heterocycles. The molecule has 0 fully saturated rings. The zero-order chi connectivity index (χ0) is 51.5. The molecule has 6 amide bonds. The molecule has 13 N–H and O–H groups in total. The summed E-state index contributed by atoms with van der Waals surface area (Å²) in [6.45, 7) is 2.87. The van der Waals surface area contributed by atoms with Crippen LogP contribution in [-0.4, -0.2) is 111 Å². The average molecular weight is 974 g/mol. The van der Waals surface area contributed by atoms with Gasteiger partial charge in [0.25, 0.3) is 0 Å². The maximum atomic E-state index is 14.4. The third-order valence-corrected chi connectivity index (χ3v) is 11.8. The second kappa shape index (κ2) is 26.7. The lowest BCUT2D eigenvalue weighted by Gasteiger charge is -2.26. The largest absolute Gasteiger partial charge is 0.508 e. The summed E-state index contributed by atoms with van der Waals surface area (Å²) in [5, 5.41) is 36.2. The van der Waals surface area contributed by atoms with Gasteiger partial charge in [-0.05, 0) is 60.2 Å². The summed E-state index contributed by atoms with van der Waals surface area (Å²) in [4.78, 5) is 111. The number of primary amides is 1. The minimum Gasteiger partial charge on any atom is -0.508 e. The van der Waals surface area contributed by atoms with E-state index in [0.29, 0.717) is 35.1 Å². The number of carboxylic acid groups (broad SMARTS) is 1. The number of phenols is 1. The maximum Gasteiger partial charge on any atom is 0.305 e. The van der Waals surface area contributed by atoms with Gasteiger partial charge in [0.1, 0.15) is 29.9 Å². The van der Waals surface area contributed by atoms with Crippen LogP contribution >= 0.6 is 0 Å². The second-order valence-corrected chi connectivity index (χ2v) is 17.4. The molecule has 0 aliphatic heterocycles. The number of hydrogen-bond donors (Lipinski definition) is 11. The molecular formula is C52H63N9O10. The molecule has 19 heteroatoms. The van der Waals surface area contributed by atoms with Crippen LogP contribution in [0.2, 0.25) is 0 Å². The van der Waals surface area contributed by atoms with Gasteiger partial charge in [0.15, 0.2) is 5.78 Å². The van der Waals surface area contributed by atoms with E-state index in [1.54, 1.807) is 79.0 Å². The molecule has 4 aromatic carbocycles. The molecular weight excluding hydrogens is 911 g/mol. The molecule has 0 unspecified atom stereocenters. The van der Waals surface area contributed by atoms with E-state index < -0.39 is 102 Å². The number of fused-ring (bicyclic) bond motifs is 1. The minimum atomic E-state index is -1.62. The van der Waals surface area contributed by atoms with Crippen molar-refractivity contribution in [3.63, 3.8) is 0 Å². The lowest BCUT2D eigenvalue weighted by molar-refractivity contribution is -0.141. The molecule has 0 aliphatic rings. The van der Waals surface area contributed by atoms with Gasteiger partial charge < -0.3 is 53.2 Å². The first-order chi connectivity index (χ1) is 34.0. The van der Waals surface area contributed by atoms with Gasteiger partial charge >= 0.3 is 5.97 Å². The van der Waals surface area contributed by atoms with Crippen LogP contribution in [0.25, 0.3) is 10.9 Å². The predicted molar refractivity (Wildman–Crippen MR) is 265 cm³/mol. The third kappa shape index (κ3) is 16.9. The molecule has 5 rings (SSSR count). The zero-order valence-corrected chi connectivity index (χ0v) is 39.7. The summed E-state index contributed by atoms with van der Waals surface area (Å²) in [5.41, 5.74) is 15.3. The van der Waals surface area contributed by atoms with Gasteiger partial charge in [-0.2, -0.15) is 0 Å². The number of rotatable bonds is 28. The van der Waals surface area contributed by atoms with Crippen molar-refractivity contribution in [2.45, 2.75) is 108 Å². The number of carbonyl (C=O) groups is 8. The highest BCUT2D eigenvalue weighted by Crippen LogP contribution is 2.20. The highest BCUT2D eigenvalue weighted by Gasteiger charge is 2.33. The average Bonchev–Trinajstić information content (AvgIpc) is 3.76. The lowest BCUT2D eigenvalue weighted by Crippen LogP contribution is -2.58. The number of ketones is 1. The summed E-state index contributed by atoms with van der Waals surface area (Å²) in [5.74, 6) is -6.53. The van der Waals surface area contributed by atoms with Crippen molar-refractivity contribution >= 4 is 58.1 Å². The van der Waals surface area contributed by atoms with E-state index in [9.17, 15) is 48.6 Å². The Bertz CT molecular complexity index is 2610. The number of aromatic amines is 1. The Morgan fingerprint density at radius 1 is 0.592 bits per heavy atom. The van der Waals surface area contributed by atoms with Crippen molar-refractivity contribution in [2.24, 2.45) is 11.5 Å². The Morgan fingerprint density at radius 3 is 1.75 bits per heavy atom. The summed E-state index contributed by atoms with van der Waals surface area (Å²) in [7, 11) is 0. The lowest BCUT2D eigenvalue weighted by atomic mass is 9.99. The van der Waals surface area contributed by atoms with Crippen molar-refractivity contribution in [1.29, 1.82) is 0 Å². The summed E-state index contributed by atoms with van der Waals surface area (Å²) in [6.07, 6.45) is 2.34. The first-order valence-electron chi connectivity index (χ1n) is 23.5. The van der Waals surface area contributed by atoms with Crippen LogP contribution in [0.5, 0.6) is 5.75 Å². The number of Topliss-reactive ketones (excluding diaryl/α,β-unsaturated/α-hetero) is 1. The Labute approximate surface area is 411 Å². The van der Waals surface area contributed by atoms with Crippen LogP contribution in [0.3, 0.4) is 0 Å². The van der Waals surface area contributed by atoms with Crippen molar-refractivity contribution < 1.29 is 48.6 Å². The zero-order valence-electron chi connectivity index (χ0n) is 39.7. The van der Waals surface area contributed by atoms with Crippen molar-refractivity contribution in [2.75, 3.05) is 6.54 Å². The smallest absolute Gasteiger partial charge is 0.305 e. The van der Waals surface area contributed by atoms with Crippen LogP contribution < -0.4 is 43.4 Å². The topological polar surface area (TPSA) is 317 Å². The molecule has 19 nitrogen and oxygen atoms in total. The van der Waals surface area contributed by atoms with E-state index in [4.69, 9.17) is 11.5 Å². The number of aliphatic carboxylic acids is 1. The van der Waals surface area contributed by atoms with Gasteiger partial charge in [0.2, 0.25) is 35.4 Å². The molecule has 0 bridgehead atoms. The normalized spacial score (nSPS) is 14.1. The summed E-state index contributed by atoms with van der Waals surface area (Å²) >= 11 is 0. The van der Waals surface area contributed by atoms with Crippen molar-refractivity contribution in [1.82, 2.24) is 36.9 Å². The molecule has 5 aromatic rings. The van der Waals surface area contributed by atoms with Crippen molar-refractivity contribution in [3.8, 4) is 5.75 Å². The van der Waals surface area contributed by atoms with Crippen LogP contribution in [0.4, 0.5) is 0 Å². The number of carboxylic acids is 1. The van der Waals surface area contributed by atoms with Gasteiger partial charge in [-0.1, -0.05) is 111 Å². The third-order valence-electron chi connectivity index (χ3n) is 11.8.